The molecule has 0 aromatic heterocycles. The largest absolute Gasteiger partial charge is 0.352 e. The molecule has 0 saturated carbocycles. The number of amides is 3. The third-order valence-corrected chi connectivity index (χ3v) is 4.87. The summed E-state index contributed by atoms with van der Waals surface area (Å²) in [7, 11) is 0. The third kappa shape index (κ3) is 4.29. The number of nitrogens with zero attached hydrogens (tertiary/aromatic N) is 1. The van der Waals surface area contributed by atoms with E-state index in [0.29, 0.717) is 29.7 Å². The van der Waals surface area contributed by atoms with E-state index in [2.05, 4.69) is 5.32 Å². The zero-order valence-electron chi connectivity index (χ0n) is 13.9. The second kappa shape index (κ2) is 8.14. The highest BCUT2D eigenvalue weighted by molar-refractivity contribution is 8.14. The first-order valence-corrected chi connectivity index (χ1v) is 9.11. The number of halogens is 1. The Morgan fingerprint density at radius 1 is 1.15 bits per heavy atom. The molecule has 26 heavy (non-hydrogen) atoms. The lowest BCUT2D eigenvalue weighted by Gasteiger charge is -2.13. The molecule has 3 rings (SSSR count). The minimum Gasteiger partial charge on any atom is -0.352 e. The summed E-state index contributed by atoms with van der Waals surface area (Å²) in [6.45, 7) is 0.463. The Kier molecular flexibility index (Phi) is 5.68. The van der Waals surface area contributed by atoms with Crippen LogP contribution in [0.4, 0.5) is 9.18 Å². The third-order valence-electron chi connectivity index (χ3n) is 4.01. The van der Waals surface area contributed by atoms with Crippen molar-refractivity contribution in [1.29, 1.82) is 0 Å². The van der Waals surface area contributed by atoms with Gasteiger partial charge in [0.1, 0.15) is 5.82 Å². The Balaban J connectivity index is 1.58. The normalized spacial score (nSPS) is 14.0. The Hall–Kier alpha value is -2.67. The Morgan fingerprint density at radius 3 is 2.69 bits per heavy atom. The predicted octanol–water partition coefficient (Wildman–Crippen LogP) is 2.99. The molecule has 0 unspecified atom stereocenters. The van der Waals surface area contributed by atoms with Crippen molar-refractivity contribution in [3.05, 3.63) is 71.0 Å². The second-order valence-electron chi connectivity index (χ2n) is 5.83. The van der Waals surface area contributed by atoms with E-state index in [1.165, 1.54) is 11.0 Å². The van der Waals surface area contributed by atoms with E-state index in [4.69, 9.17) is 0 Å². The van der Waals surface area contributed by atoms with Crippen LogP contribution in [0, 0.1) is 5.82 Å². The average Bonchev–Trinajstić information content (AvgIpc) is 2.95. The highest BCUT2D eigenvalue weighted by atomic mass is 32.2. The molecule has 0 aliphatic carbocycles. The van der Waals surface area contributed by atoms with Crippen LogP contribution in [0.1, 0.15) is 21.5 Å². The molecule has 1 fully saturated rings. The molecular formula is C19H17FN2O3S. The monoisotopic (exact) mass is 372 g/mol. The number of rotatable bonds is 6. The number of carbonyl (C=O) groups excluding carboxylic acids is 3. The molecular weight excluding hydrogens is 355 g/mol. The molecule has 0 spiro atoms. The van der Waals surface area contributed by atoms with Gasteiger partial charge in [-0.25, -0.2) is 4.39 Å². The van der Waals surface area contributed by atoms with Crippen molar-refractivity contribution in [2.45, 2.75) is 13.0 Å². The van der Waals surface area contributed by atoms with Crippen LogP contribution < -0.4 is 5.32 Å². The first-order valence-electron chi connectivity index (χ1n) is 8.12. The number of benzene rings is 2. The number of imide groups is 1. The molecule has 134 valence electrons. The van der Waals surface area contributed by atoms with Crippen molar-refractivity contribution in [2.75, 3.05) is 12.3 Å². The molecule has 1 N–H and O–H groups in total. The lowest BCUT2D eigenvalue weighted by molar-refractivity contribution is -0.125. The van der Waals surface area contributed by atoms with Gasteiger partial charge in [0.05, 0.1) is 12.3 Å². The summed E-state index contributed by atoms with van der Waals surface area (Å²) in [6.07, 6.45) is 0.395. The van der Waals surface area contributed by atoms with Crippen LogP contribution >= 0.6 is 11.8 Å². The van der Waals surface area contributed by atoms with Crippen LogP contribution in [0.5, 0.6) is 0 Å². The van der Waals surface area contributed by atoms with E-state index in [9.17, 15) is 18.8 Å². The van der Waals surface area contributed by atoms with E-state index in [1.54, 1.807) is 42.5 Å². The van der Waals surface area contributed by atoms with Gasteiger partial charge >= 0.3 is 0 Å². The molecule has 1 aliphatic rings. The molecule has 1 aliphatic heterocycles. The van der Waals surface area contributed by atoms with E-state index in [-0.39, 0.29) is 35.2 Å². The first kappa shape index (κ1) is 18.1. The number of nitrogens with one attached hydrogen (secondary N) is 1. The molecule has 2 aromatic carbocycles. The van der Waals surface area contributed by atoms with Gasteiger partial charge in [0.25, 0.3) is 11.1 Å². The topological polar surface area (TPSA) is 66.5 Å². The highest BCUT2D eigenvalue weighted by Crippen LogP contribution is 2.21. The van der Waals surface area contributed by atoms with Crippen molar-refractivity contribution in [3.63, 3.8) is 0 Å². The SMILES string of the molecule is O=C(NCCc1ccccc1F)c1cccc(CN2C(=O)CSC2=O)c1. The molecule has 3 amide bonds. The van der Waals surface area contributed by atoms with Gasteiger partial charge in [0.2, 0.25) is 5.91 Å². The molecule has 2 aromatic rings. The first-order chi connectivity index (χ1) is 12.5. The summed E-state index contributed by atoms with van der Waals surface area (Å²) in [6, 6.07) is 13.2. The van der Waals surface area contributed by atoms with Gasteiger partial charge in [-0.1, -0.05) is 42.1 Å². The van der Waals surface area contributed by atoms with Gasteiger partial charge in [0, 0.05) is 12.1 Å². The van der Waals surface area contributed by atoms with Crippen LogP contribution in [0.15, 0.2) is 48.5 Å². The number of hydrogen-bond acceptors (Lipinski definition) is 4. The maximum atomic E-state index is 13.6. The summed E-state index contributed by atoms with van der Waals surface area (Å²) < 4.78 is 13.6. The van der Waals surface area contributed by atoms with Crippen molar-refractivity contribution in [2.24, 2.45) is 0 Å². The van der Waals surface area contributed by atoms with Crippen LogP contribution in [0.25, 0.3) is 0 Å². The number of thioether (sulfide) groups is 1. The van der Waals surface area contributed by atoms with E-state index in [0.717, 1.165) is 11.8 Å². The summed E-state index contributed by atoms with van der Waals surface area (Å²) in [5.41, 5.74) is 1.68. The zero-order valence-corrected chi connectivity index (χ0v) is 14.7. The quantitative estimate of drug-likeness (QED) is 0.847. The molecule has 1 saturated heterocycles. The zero-order chi connectivity index (χ0) is 18.5. The van der Waals surface area contributed by atoms with Gasteiger partial charge in [-0.2, -0.15) is 0 Å². The summed E-state index contributed by atoms with van der Waals surface area (Å²) in [4.78, 5) is 36.8. The van der Waals surface area contributed by atoms with Gasteiger partial charge < -0.3 is 5.32 Å². The average molecular weight is 372 g/mol. The van der Waals surface area contributed by atoms with E-state index >= 15 is 0 Å². The standard InChI is InChI=1S/C19H17FN2O3S/c20-16-7-2-1-5-14(16)8-9-21-18(24)15-6-3-4-13(10-15)11-22-17(23)12-26-19(22)25/h1-7,10H,8-9,11-12H2,(H,21,24). The molecule has 0 radical (unpaired) electrons. The molecule has 5 nitrogen and oxygen atoms in total. The fourth-order valence-electron chi connectivity index (χ4n) is 2.64. The van der Waals surface area contributed by atoms with Crippen LogP contribution in [-0.4, -0.2) is 34.3 Å². The maximum Gasteiger partial charge on any atom is 0.289 e. The lowest BCUT2D eigenvalue weighted by Crippen LogP contribution is -2.28. The van der Waals surface area contributed by atoms with Crippen molar-refractivity contribution < 1.29 is 18.8 Å². The Morgan fingerprint density at radius 2 is 1.96 bits per heavy atom. The molecule has 0 bridgehead atoms. The molecule has 0 atom stereocenters. The summed E-state index contributed by atoms with van der Waals surface area (Å²) >= 11 is 0.981. The summed E-state index contributed by atoms with van der Waals surface area (Å²) in [5.74, 6) is -0.632. The van der Waals surface area contributed by atoms with Gasteiger partial charge in [0.15, 0.2) is 0 Å². The highest BCUT2D eigenvalue weighted by Gasteiger charge is 2.29. The van der Waals surface area contributed by atoms with Crippen LogP contribution in [0.2, 0.25) is 0 Å². The van der Waals surface area contributed by atoms with E-state index < -0.39 is 0 Å². The van der Waals surface area contributed by atoms with Gasteiger partial charge in [-0.15, -0.1) is 0 Å². The number of carbonyl (C=O) groups is 3. The minimum absolute atomic E-state index is 0.154. The van der Waals surface area contributed by atoms with E-state index in [1.807, 2.05) is 0 Å². The molecule has 1 heterocycles. The van der Waals surface area contributed by atoms with Crippen molar-refractivity contribution in [3.8, 4) is 0 Å². The molecule has 7 heteroatoms. The van der Waals surface area contributed by atoms with Crippen molar-refractivity contribution in [1.82, 2.24) is 10.2 Å². The van der Waals surface area contributed by atoms with Gasteiger partial charge in [-0.05, 0) is 35.7 Å². The van der Waals surface area contributed by atoms with Crippen molar-refractivity contribution >= 4 is 28.8 Å². The fourth-order valence-corrected chi connectivity index (χ4v) is 3.37. The number of hydrogen-bond donors (Lipinski definition) is 1. The predicted molar refractivity (Wildman–Crippen MR) is 97.3 cm³/mol. The second-order valence-corrected chi connectivity index (χ2v) is 6.76. The smallest absolute Gasteiger partial charge is 0.289 e. The summed E-state index contributed by atoms with van der Waals surface area (Å²) in [5, 5.41) is 2.49. The van der Waals surface area contributed by atoms with Gasteiger partial charge in [-0.3, -0.25) is 19.3 Å². The Labute approximate surface area is 154 Å². The van der Waals surface area contributed by atoms with Crippen LogP contribution in [0.3, 0.4) is 0 Å². The lowest BCUT2D eigenvalue weighted by atomic mass is 10.1. The maximum absolute atomic E-state index is 13.6. The van der Waals surface area contributed by atoms with Crippen LogP contribution in [-0.2, 0) is 17.8 Å². The minimum atomic E-state index is -0.290. The fraction of sp³-hybridized carbons (Fsp3) is 0.211. The Bertz CT molecular complexity index is 840.